The smallest absolute Gasteiger partial charge is 0.226 e. The summed E-state index contributed by atoms with van der Waals surface area (Å²) in [6.45, 7) is 2.75. The number of ether oxygens (including phenoxy) is 1. The molecule has 1 aromatic carbocycles. The van der Waals surface area contributed by atoms with E-state index in [1.54, 1.807) is 19.2 Å². The number of methoxy groups -OCH3 is 1. The Balaban J connectivity index is 2.48. The molecular weight excluding hydrogens is 306 g/mol. The second-order valence-corrected chi connectivity index (χ2v) is 5.21. The molecule has 0 aromatic heterocycles. The van der Waals surface area contributed by atoms with Gasteiger partial charge in [-0.25, -0.2) is 0 Å². The number of nitrogens with one attached hydrogen (secondary N) is 3. The lowest BCUT2D eigenvalue weighted by Crippen LogP contribution is -2.29. The highest BCUT2D eigenvalue weighted by molar-refractivity contribution is 6.31. The predicted molar refractivity (Wildman–Crippen MR) is 87.5 cm³/mol. The van der Waals surface area contributed by atoms with Gasteiger partial charge in [0.15, 0.2) is 0 Å². The summed E-state index contributed by atoms with van der Waals surface area (Å²) in [7, 11) is 3.29. The monoisotopic (exact) mass is 327 g/mol. The van der Waals surface area contributed by atoms with Crippen LogP contribution in [0.1, 0.15) is 18.4 Å². The summed E-state index contributed by atoms with van der Waals surface area (Å²) in [5.41, 5.74) is 1.41. The van der Waals surface area contributed by atoms with Crippen LogP contribution in [-0.4, -0.2) is 39.1 Å². The van der Waals surface area contributed by atoms with Gasteiger partial charge in [-0.3, -0.25) is 9.59 Å². The van der Waals surface area contributed by atoms with Gasteiger partial charge in [0, 0.05) is 37.0 Å². The van der Waals surface area contributed by atoms with E-state index in [9.17, 15) is 9.59 Å². The van der Waals surface area contributed by atoms with Crippen molar-refractivity contribution in [2.24, 2.45) is 0 Å². The molecule has 0 aliphatic rings. The molecular formula is C15H22ClN3O3. The molecule has 7 heteroatoms. The fourth-order valence-electron chi connectivity index (χ4n) is 1.78. The Bertz CT molecular complexity index is 535. The molecule has 0 radical (unpaired) electrons. The van der Waals surface area contributed by atoms with Crippen LogP contribution in [0.5, 0.6) is 5.75 Å². The van der Waals surface area contributed by atoms with Crippen molar-refractivity contribution in [3.63, 3.8) is 0 Å². The summed E-state index contributed by atoms with van der Waals surface area (Å²) in [5.74, 6) is 0.220. The number of rotatable bonds is 8. The van der Waals surface area contributed by atoms with Gasteiger partial charge in [-0.1, -0.05) is 11.6 Å². The maximum Gasteiger partial charge on any atom is 0.226 e. The first kappa shape index (κ1) is 18.3. The highest BCUT2D eigenvalue weighted by Gasteiger charge is 2.10. The summed E-state index contributed by atoms with van der Waals surface area (Å²) in [6, 6.07) is 3.41. The molecule has 22 heavy (non-hydrogen) atoms. The van der Waals surface area contributed by atoms with Gasteiger partial charge >= 0.3 is 0 Å². The number of amides is 2. The molecule has 122 valence electrons. The van der Waals surface area contributed by atoms with E-state index in [2.05, 4.69) is 16.0 Å². The quantitative estimate of drug-likeness (QED) is 0.679. The van der Waals surface area contributed by atoms with Crippen molar-refractivity contribution in [2.45, 2.75) is 19.8 Å². The Labute approximate surface area is 135 Å². The molecule has 0 unspecified atom stereocenters. The molecule has 0 atom stereocenters. The van der Waals surface area contributed by atoms with Crippen molar-refractivity contribution in [3.05, 3.63) is 22.7 Å². The largest absolute Gasteiger partial charge is 0.495 e. The molecule has 0 saturated carbocycles. The van der Waals surface area contributed by atoms with Gasteiger partial charge in [0.1, 0.15) is 5.75 Å². The van der Waals surface area contributed by atoms with Crippen LogP contribution < -0.4 is 20.7 Å². The number of halogens is 1. The molecule has 1 rings (SSSR count). The summed E-state index contributed by atoms with van der Waals surface area (Å²) in [6.07, 6.45) is 0.582. The normalized spacial score (nSPS) is 10.2. The summed E-state index contributed by atoms with van der Waals surface area (Å²) < 4.78 is 5.19. The third-order valence-corrected chi connectivity index (χ3v) is 3.44. The minimum Gasteiger partial charge on any atom is -0.495 e. The standard InChI is InChI=1S/C15H22ClN3O3/c1-10-8-12(13(22-3)9-11(10)16)19-15(21)5-7-18-14(20)4-6-17-2/h8-9,17H,4-7H2,1-3H3,(H,18,20)(H,19,21). The molecule has 0 saturated heterocycles. The van der Waals surface area contributed by atoms with Crippen LogP contribution >= 0.6 is 11.6 Å². The van der Waals surface area contributed by atoms with E-state index in [4.69, 9.17) is 16.3 Å². The van der Waals surface area contributed by atoms with Gasteiger partial charge in [-0.15, -0.1) is 0 Å². The zero-order valence-corrected chi connectivity index (χ0v) is 13.8. The zero-order valence-electron chi connectivity index (χ0n) is 13.1. The maximum absolute atomic E-state index is 11.9. The second kappa shape index (κ2) is 9.27. The first-order valence-electron chi connectivity index (χ1n) is 7.03. The molecule has 0 spiro atoms. The topological polar surface area (TPSA) is 79.5 Å². The number of hydrogen-bond acceptors (Lipinski definition) is 4. The van der Waals surface area contributed by atoms with Gasteiger partial charge in [0.25, 0.3) is 0 Å². The first-order chi connectivity index (χ1) is 10.5. The minimum atomic E-state index is -0.200. The van der Waals surface area contributed by atoms with Crippen LogP contribution in [0.25, 0.3) is 0 Å². The van der Waals surface area contributed by atoms with Gasteiger partial charge in [-0.2, -0.15) is 0 Å². The Morgan fingerprint density at radius 2 is 1.86 bits per heavy atom. The van der Waals surface area contributed by atoms with E-state index in [1.807, 2.05) is 6.92 Å². The van der Waals surface area contributed by atoms with Crippen molar-refractivity contribution in [2.75, 3.05) is 32.6 Å². The van der Waals surface area contributed by atoms with Crippen molar-refractivity contribution in [1.29, 1.82) is 0 Å². The molecule has 2 amide bonds. The van der Waals surface area contributed by atoms with Crippen LogP contribution in [0.3, 0.4) is 0 Å². The van der Waals surface area contributed by atoms with Gasteiger partial charge in [-0.05, 0) is 25.6 Å². The molecule has 3 N–H and O–H groups in total. The third kappa shape index (κ3) is 5.91. The molecule has 0 aliphatic heterocycles. The number of carbonyl (C=O) groups excluding carboxylic acids is 2. The Morgan fingerprint density at radius 3 is 2.50 bits per heavy atom. The van der Waals surface area contributed by atoms with Crippen molar-refractivity contribution >= 4 is 29.1 Å². The van der Waals surface area contributed by atoms with E-state index in [1.165, 1.54) is 7.11 Å². The van der Waals surface area contributed by atoms with Crippen LogP contribution in [0.15, 0.2) is 12.1 Å². The lowest BCUT2D eigenvalue weighted by atomic mass is 10.2. The maximum atomic E-state index is 11.9. The van der Waals surface area contributed by atoms with E-state index in [0.717, 1.165) is 5.56 Å². The van der Waals surface area contributed by atoms with Gasteiger partial charge < -0.3 is 20.7 Å². The van der Waals surface area contributed by atoms with Gasteiger partial charge in [0.2, 0.25) is 11.8 Å². The number of anilines is 1. The third-order valence-electron chi connectivity index (χ3n) is 3.03. The molecule has 0 fully saturated rings. The molecule has 6 nitrogen and oxygen atoms in total. The second-order valence-electron chi connectivity index (χ2n) is 4.80. The lowest BCUT2D eigenvalue weighted by molar-refractivity contribution is -0.121. The molecule has 1 aromatic rings. The van der Waals surface area contributed by atoms with E-state index in [0.29, 0.717) is 36.0 Å². The van der Waals surface area contributed by atoms with Crippen LogP contribution in [0.2, 0.25) is 5.02 Å². The number of benzene rings is 1. The Kier molecular flexibility index (Phi) is 7.70. The predicted octanol–water partition coefficient (Wildman–Crippen LogP) is 1.71. The van der Waals surface area contributed by atoms with Crippen molar-refractivity contribution in [1.82, 2.24) is 10.6 Å². The van der Waals surface area contributed by atoms with Crippen LogP contribution in [0, 0.1) is 6.92 Å². The fourth-order valence-corrected chi connectivity index (χ4v) is 1.94. The Hall–Kier alpha value is -1.79. The van der Waals surface area contributed by atoms with E-state index in [-0.39, 0.29) is 18.2 Å². The number of hydrogen-bond donors (Lipinski definition) is 3. The Morgan fingerprint density at radius 1 is 1.18 bits per heavy atom. The van der Waals surface area contributed by atoms with Crippen LogP contribution in [-0.2, 0) is 9.59 Å². The first-order valence-corrected chi connectivity index (χ1v) is 7.41. The number of aryl methyl sites for hydroxylation is 1. The number of carbonyl (C=O) groups is 2. The average Bonchev–Trinajstić information content (AvgIpc) is 2.48. The summed E-state index contributed by atoms with van der Waals surface area (Å²) >= 11 is 6.02. The molecule has 0 bridgehead atoms. The highest BCUT2D eigenvalue weighted by atomic mass is 35.5. The van der Waals surface area contributed by atoms with Crippen molar-refractivity contribution in [3.8, 4) is 5.75 Å². The zero-order chi connectivity index (χ0) is 16.5. The summed E-state index contributed by atoms with van der Waals surface area (Å²) in [5, 5.41) is 8.92. The van der Waals surface area contributed by atoms with E-state index < -0.39 is 0 Å². The van der Waals surface area contributed by atoms with Crippen molar-refractivity contribution < 1.29 is 14.3 Å². The highest BCUT2D eigenvalue weighted by Crippen LogP contribution is 2.30. The van der Waals surface area contributed by atoms with E-state index >= 15 is 0 Å². The average molecular weight is 328 g/mol. The summed E-state index contributed by atoms with van der Waals surface area (Å²) in [4.78, 5) is 23.3. The van der Waals surface area contributed by atoms with Gasteiger partial charge in [0.05, 0.1) is 12.8 Å². The fraction of sp³-hybridized carbons (Fsp3) is 0.467. The molecule has 0 heterocycles. The lowest BCUT2D eigenvalue weighted by Gasteiger charge is -2.12. The minimum absolute atomic E-state index is 0.0814. The molecule has 0 aliphatic carbocycles. The van der Waals surface area contributed by atoms with Crippen LogP contribution in [0.4, 0.5) is 5.69 Å². The SMILES string of the molecule is CNCCC(=O)NCCC(=O)Nc1cc(C)c(Cl)cc1OC.